The van der Waals surface area contributed by atoms with Crippen LogP contribution in [0.15, 0.2) is 30.3 Å². The first-order valence-corrected chi connectivity index (χ1v) is 9.22. The third-order valence-electron chi connectivity index (χ3n) is 4.74. The second kappa shape index (κ2) is 7.47. The van der Waals surface area contributed by atoms with Crippen LogP contribution >= 0.6 is 11.8 Å². The highest BCUT2D eigenvalue weighted by Gasteiger charge is 2.37. The average Bonchev–Trinajstić information content (AvgIpc) is 3.12. The molecule has 1 aromatic carbocycles. The van der Waals surface area contributed by atoms with Crippen LogP contribution in [0, 0.1) is 5.92 Å². The maximum absolute atomic E-state index is 12.7. The minimum atomic E-state index is -0.299. The zero-order valence-electron chi connectivity index (χ0n) is 13.1. The van der Waals surface area contributed by atoms with E-state index in [-0.39, 0.29) is 23.9 Å². The third kappa shape index (κ3) is 3.59. The lowest BCUT2D eigenvalue weighted by Crippen LogP contribution is -2.54. The summed E-state index contributed by atoms with van der Waals surface area (Å²) in [6.45, 7) is 2.11. The van der Waals surface area contributed by atoms with E-state index in [0.717, 1.165) is 43.0 Å². The number of carbonyl (C=O) groups is 2. The lowest BCUT2D eigenvalue weighted by atomic mass is 9.89. The van der Waals surface area contributed by atoms with E-state index in [2.05, 4.69) is 4.90 Å². The number of thioether (sulfide) groups is 1. The van der Waals surface area contributed by atoms with Crippen molar-refractivity contribution >= 4 is 24.0 Å². The van der Waals surface area contributed by atoms with Crippen molar-refractivity contribution in [3.63, 3.8) is 0 Å². The first kappa shape index (κ1) is 16.5. The Labute approximate surface area is 141 Å². The fraction of sp³-hybridized carbons (Fsp3) is 0.529. The van der Waals surface area contributed by atoms with Crippen LogP contribution < -0.4 is 5.73 Å². The molecular weight excluding hydrogens is 310 g/mol. The molecule has 124 valence electrons. The maximum Gasteiger partial charge on any atom is 0.229 e. The largest absolute Gasteiger partial charge is 0.332 e. The second-order valence-electron chi connectivity index (χ2n) is 6.18. The van der Waals surface area contributed by atoms with Crippen molar-refractivity contribution in [3.05, 3.63) is 35.9 Å². The molecule has 0 bridgehead atoms. The predicted octanol–water partition coefficient (Wildman–Crippen LogP) is 1.11. The van der Waals surface area contributed by atoms with Gasteiger partial charge in [-0.1, -0.05) is 30.3 Å². The number of piperidine rings is 1. The molecule has 1 amide bonds. The molecule has 2 fully saturated rings. The van der Waals surface area contributed by atoms with E-state index in [1.165, 1.54) is 0 Å². The molecule has 2 aliphatic rings. The molecule has 2 N–H and O–H groups in total. The molecule has 0 spiro atoms. The van der Waals surface area contributed by atoms with Crippen molar-refractivity contribution in [2.45, 2.75) is 18.5 Å². The molecule has 1 aromatic rings. The average molecular weight is 333 g/mol. The lowest BCUT2D eigenvalue weighted by molar-refractivity contribution is -0.137. The molecule has 1 unspecified atom stereocenters. The number of benzene rings is 1. The van der Waals surface area contributed by atoms with Crippen LogP contribution in [0.2, 0.25) is 0 Å². The van der Waals surface area contributed by atoms with Crippen LogP contribution in [-0.4, -0.2) is 59.3 Å². The van der Waals surface area contributed by atoms with Gasteiger partial charge in [0.15, 0.2) is 0 Å². The van der Waals surface area contributed by atoms with Gasteiger partial charge in [0, 0.05) is 31.4 Å². The van der Waals surface area contributed by atoms with Crippen LogP contribution in [0.3, 0.4) is 0 Å². The van der Waals surface area contributed by atoms with E-state index in [4.69, 9.17) is 5.73 Å². The van der Waals surface area contributed by atoms with Gasteiger partial charge in [-0.25, -0.2) is 0 Å². The van der Waals surface area contributed by atoms with Gasteiger partial charge in [0.25, 0.3) is 0 Å². The molecule has 5 nitrogen and oxygen atoms in total. The Morgan fingerprint density at radius 3 is 2.74 bits per heavy atom. The molecule has 6 heteroatoms. The van der Waals surface area contributed by atoms with Crippen LogP contribution in [-0.2, 0) is 9.59 Å². The molecule has 23 heavy (non-hydrogen) atoms. The van der Waals surface area contributed by atoms with Crippen LogP contribution in [0.5, 0.6) is 0 Å². The smallest absolute Gasteiger partial charge is 0.229 e. The van der Waals surface area contributed by atoms with Crippen molar-refractivity contribution in [2.24, 2.45) is 11.7 Å². The first-order valence-electron chi connectivity index (χ1n) is 8.07. The summed E-state index contributed by atoms with van der Waals surface area (Å²) in [6.07, 6.45) is 1.72. The van der Waals surface area contributed by atoms with Gasteiger partial charge < -0.3 is 15.4 Å². The van der Waals surface area contributed by atoms with Gasteiger partial charge in [-0.2, -0.15) is 0 Å². The van der Waals surface area contributed by atoms with Crippen LogP contribution in [0.25, 0.3) is 0 Å². The topological polar surface area (TPSA) is 66.6 Å². The summed E-state index contributed by atoms with van der Waals surface area (Å²) in [5.74, 6) is 1.69. The van der Waals surface area contributed by atoms with Crippen molar-refractivity contribution < 1.29 is 9.59 Å². The molecule has 2 saturated heterocycles. The summed E-state index contributed by atoms with van der Waals surface area (Å²) < 4.78 is 0. The summed E-state index contributed by atoms with van der Waals surface area (Å²) >= 11 is 1.78. The molecule has 3 rings (SSSR count). The third-order valence-corrected chi connectivity index (χ3v) is 5.71. The number of carbonyl (C=O) groups excluding carboxylic acids is 2. The van der Waals surface area contributed by atoms with Crippen molar-refractivity contribution in [2.75, 3.05) is 31.3 Å². The number of hydrogen-bond acceptors (Lipinski definition) is 5. The van der Waals surface area contributed by atoms with E-state index in [1.54, 1.807) is 11.8 Å². The molecular formula is C17H23N3O2S. The number of likely N-dealkylation sites (tertiary alicyclic amines) is 1. The summed E-state index contributed by atoms with van der Waals surface area (Å²) in [5.41, 5.74) is 7.19. The highest BCUT2D eigenvalue weighted by Crippen LogP contribution is 2.27. The van der Waals surface area contributed by atoms with Gasteiger partial charge in [0.2, 0.25) is 5.91 Å². The molecule has 0 saturated carbocycles. The quantitative estimate of drug-likeness (QED) is 0.836. The summed E-state index contributed by atoms with van der Waals surface area (Å²) in [5, 5.41) is 0. The van der Waals surface area contributed by atoms with E-state index in [1.807, 2.05) is 35.2 Å². The number of aldehydes is 1. The van der Waals surface area contributed by atoms with Gasteiger partial charge in [-0.15, -0.1) is 11.8 Å². The molecule has 0 aromatic heterocycles. The summed E-state index contributed by atoms with van der Waals surface area (Å²) in [7, 11) is 0. The standard InChI is InChI=1S/C17H23N3O2S/c18-15-6-7-19(16(11-21)13-4-2-1-3-5-13)10-14(15)17(22)20-8-9-23-12-20/h1-5,11,14-16H,6-10,12,18H2/t14-,15+,16?/m0/s1. The van der Waals surface area contributed by atoms with E-state index in [0.29, 0.717) is 6.54 Å². The highest BCUT2D eigenvalue weighted by atomic mass is 32.2. The summed E-state index contributed by atoms with van der Waals surface area (Å²) in [4.78, 5) is 28.4. The lowest BCUT2D eigenvalue weighted by Gasteiger charge is -2.40. The number of rotatable bonds is 4. The Morgan fingerprint density at radius 2 is 2.09 bits per heavy atom. The van der Waals surface area contributed by atoms with Crippen LogP contribution in [0.1, 0.15) is 18.0 Å². The van der Waals surface area contributed by atoms with Crippen molar-refractivity contribution in [1.29, 1.82) is 0 Å². The van der Waals surface area contributed by atoms with Gasteiger partial charge in [0.1, 0.15) is 6.29 Å². The van der Waals surface area contributed by atoms with Gasteiger partial charge >= 0.3 is 0 Å². The fourth-order valence-corrected chi connectivity index (χ4v) is 4.31. The first-order chi connectivity index (χ1) is 11.2. The Kier molecular flexibility index (Phi) is 5.35. The molecule has 3 atom stereocenters. The monoisotopic (exact) mass is 333 g/mol. The van der Waals surface area contributed by atoms with Gasteiger partial charge in [-0.05, 0) is 12.0 Å². The van der Waals surface area contributed by atoms with E-state index >= 15 is 0 Å². The van der Waals surface area contributed by atoms with E-state index in [9.17, 15) is 9.59 Å². The fourth-order valence-electron chi connectivity index (χ4n) is 3.36. The number of amides is 1. The Balaban J connectivity index is 1.73. The molecule has 2 aliphatic heterocycles. The van der Waals surface area contributed by atoms with Crippen LogP contribution in [0.4, 0.5) is 0 Å². The molecule has 2 heterocycles. The second-order valence-corrected chi connectivity index (χ2v) is 7.26. The number of nitrogens with two attached hydrogens (primary N) is 1. The minimum Gasteiger partial charge on any atom is -0.332 e. The Hall–Kier alpha value is -1.37. The zero-order valence-corrected chi connectivity index (χ0v) is 14.0. The summed E-state index contributed by atoms with van der Waals surface area (Å²) in [6, 6.07) is 9.31. The Bertz CT molecular complexity index is 548. The molecule has 0 radical (unpaired) electrons. The van der Waals surface area contributed by atoms with E-state index < -0.39 is 0 Å². The number of hydrogen-bond donors (Lipinski definition) is 1. The van der Waals surface area contributed by atoms with Gasteiger partial charge in [0.05, 0.1) is 17.8 Å². The SMILES string of the molecule is N[C@@H]1CCN(C(C=O)c2ccccc2)C[C@@H]1C(=O)N1CCSC1. The van der Waals surface area contributed by atoms with Crippen molar-refractivity contribution in [3.8, 4) is 0 Å². The Morgan fingerprint density at radius 1 is 1.30 bits per heavy atom. The zero-order chi connectivity index (χ0) is 16.2. The normalized spacial score (nSPS) is 26.9. The molecule has 0 aliphatic carbocycles. The number of nitrogens with zero attached hydrogens (tertiary/aromatic N) is 2. The minimum absolute atomic E-state index is 0.118. The van der Waals surface area contributed by atoms with Crippen molar-refractivity contribution in [1.82, 2.24) is 9.80 Å². The van der Waals surface area contributed by atoms with Gasteiger partial charge in [-0.3, -0.25) is 9.69 Å². The highest BCUT2D eigenvalue weighted by molar-refractivity contribution is 7.99. The predicted molar refractivity (Wildman–Crippen MR) is 91.9 cm³/mol. The maximum atomic E-state index is 12.7.